The van der Waals surface area contributed by atoms with Gasteiger partial charge in [0.25, 0.3) is 0 Å². The lowest BCUT2D eigenvalue weighted by atomic mass is 9.99. The molecule has 1 saturated carbocycles. The molecule has 0 radical (unpaired) electrons. The van der Waals surface area contributed by atoms with E-state index in [1.54, 1.807) is 23.1 Å². The summed E-state index contributed by atoms with van der Waals surface area (Å²) >= 11 is 0. The van der Waals surface area contributed by atoms with Gasteiger partial charge in [-0.1, -0.05) is 24.6 Å². The second-order valence-electron chi connectivity index (χ2n) is 6.28. The van der Waals surface area contributed by atoms with Gasteiger partial charge in [-0.3, -0.25) is 4.79 Å². The first-order chi connectivity index (χ1) is 10.6. The van der Waals surface area contributed by atoms with Crippen LogP contribution in [0.25, 0.3) is 0 Å². The third kappa shape index (κ3) is 4.22. The smallest absolute Gasteiger partial charge is 0.223 e. The Bertz CT molecular complexity index is 543. The van der Waals surface area contributed by atoms with E-state index in [0.717, 1.165) is 19.3 Å². The average molecular weight is 343 g/mol. The van der Waals surface area contributed by atoms with Crippen molar-refractivity contribution < 1.29 is 13.9 Å². The number of ether oxygens (including phenoxy) is 1. The van der Waals surface area contributed by atoms with Crippen molar-refractivity contribution >= 4 is 18.3 Å². The molecule has 0 bridgehead atoms. The molecule has 4 nitrogen and oxygen atoms in total. The molecule has 1 aliphatic heterocycles. The SMILES string of the molecule is Cl.N[C@@H]1CCC[C@H]1CC(=O)N1CCOC(c2ccccc2F)C1. The summed E-state index contributed by atoms with van der Waals surface area (Å²) in [6.07, 6.45) is 3.29. The van der Waals surface area contributed by atoms with Crippen LogP contribution in [0.5, 0.6) is 0 Å². The zero-order valence-electron chi connectivity index (χ0n) is 13.1. The molecular formula is C17H24ClFN2O2. The summed E-state index contributed by atoms with van der Waals surface area (Å²) in [5, 5.41) is 0. The molecule has 1 aromatic carbocycles. The lowest BCUT2D eigenvalue weighted by molar-refractivity contribution is -0.140. The molecule has 0 aromatic heterocycles. The van der Waals surface area contributed by atoms with Gasteiger partial charge in [0.05, 0.1) is 13.2 Å². The minimum Gasteiger partial charge on any atom is -0.370 e. The fraction of sp³-hybridized carbons (Fsp3) is 0.588. The van der Waals surface area contributed by atoms with E-state index in [9.17, 15) is 9.18 Å². The van der Waals surface area contributed by atoms with Crippen molar-refractivity contribution in [3.05, 3.63) is 35.6 Å². The molecule has 2 fully saturated rings. The Morgan fingerprint density at radius 1 is 1.35 bits per heavy atom. The van der Waals surface area contributed by atoms with Gasteiger partial charge in [0.1, 0.15) is 11.9 Å². The van der Waals surface area contributed by atoms with E-state index in [0.29, 0.717) is 37.6 Å². The molecule has 128 valence electrons. The number of rotatable bonds is 3. The molecule has 6 heteroatoms. The fourth-order valence-electron chi connectivity index (χ4n) is 3.47. The number of morpholine rings is 1. The van der Waals surface area contributed by atoms with Crippen LogP contribution in [0.15, 0.2) is 24.3 Å². The summed E-state index contributed by atoms with van der Waals surface area (Å²) in [6.45, 7) is 1.44. The molecule has 1 saturated heterocycles. The zero-order valence-corrected chi connectivity index (χ0v) is 13.9. The van der Waals surface area contributed by atoms with Gasteiger partial charge in [-0.15, -0.1) is 12.4 Å². The maximum absolute atomic E-state index is 13.9. The number of hydrogen-bond donors (Lipinski definition) is 1. The van der Waals surface area contributed by atoms with Crippen molar-refractivity contribution in [2.75, 3.05) is 19.7 Å². The molecule has 1 aliphatic carbocycles. The summed E-state index contributed by atoms with van der Waals surface area (Å²) < 4.78 is 19.5. The number of halogens is 2. The van der Waals surface area contributed by atoms with Crippen LogP contribution < -0.4 is 5.73 Å². The van der Waals surface area contributed by atoms with Crippen LogP contribution in [0.1, 0.15) is 37.4 Å². The summed E-state index contributed by atoms with van der Waals surface area (Å²) in [5.74, 6) is 0.133. The first-order valence-electron chi connectivity index (χ1n) is 8.04. The normalized spacial score (nSPS) is 27.6. The minimum atomic E-state index is -0.379. The number of hydrogen-bond acceptors (Lipinski definition) is 3. The van der Waals surface area contributed by atoms with E-state index >= 15 is 0 Å². The Balaban J connectivity index is 0.00000192. The lowest BCUT2D eigenvalue weighted by Gasteiger charge is -2.34. The second kappa shape index (κ2) is 8.08. The zero-order chi connectivity index (χ0) is 15.5. The maximum Gasteiger partial charge on any atom is 0.223 e. The summed E-state index contributed by atoms with van der Waals surface area (Å²) in [6, 6.07) is 6.75. The number of amides is 1. The number of carbonyl (C=O) groups is 1. The fourth-order valence-corrected chi connectivity index (χ4v) is 3.47. The van der Waals surface area contributed by atoms with Gasteiger partial charge < -0.3 is 15.4 Å². The highest BCUT2D eigenvalue weighted by Crippen LogP contribution is 2.29. The van der Waals surface area contributed by atoms with Crippen molar-refractivity contribution in [1.29, 1.82) is 0 Å². The predicted octanol–water partition coefficient (Wildman–Crippen LogP) is 2.66. The van der Waals surface area contributed by atoms with Gasteiger partial charge in [0, 0.05) is 24.6 Å². The third-order valence-corrected chi connectivity index (χ3v) is 4.83. The van der Waals surface area contributed by atoms with Gasteiger partial charge >= 0.3 is 0 Å². The van der Waals surface area contributed by atoms with Gasteiger partial charge in [0.2, 0.25) is 5.91 Å². The highest BCUT2D eigenvalue weighted by Gasteiger charge is 2.31. The average Bonchev–Trinajstić information content (AvgIpc) is 2.93. The van der Waals surface area contributed by atoms with Crippen LogP contribution in [-0.2, 0) is 9.53 Å². The second-order valence-corrected chi connectivity index (χ2v) is 6.28. The molecule has 3 atom stereocenters. The quantitative estimate of drug-likeness (QED) is 0.918. The monoisotopic (exact) mass is 342 g/mol. The largest absolute Gasteiger partial charge is 0.370 e. The minimum absolute atomic E-state index is 0. The van der Waals surface area contributed by atoms with E-state index in [-0.39, 0.29) is 36.3 Å². The highest BCUT2D eigenvalue weighted by atomic mass is 35.5. The van der Waals surface area contributed by atoms with Gasteiger partial charge in [-0.05, 0) is 24.8 Å². The molecule has 2 aliphatic rings. The van der Waals surface area contributed by atoms with Crippen molar-refractivity contribution in [1.82, 2.24) is 4.90 Å². The van der Waals surface area contributed by atoms with Gasteiger partial charge in [0.15, 0.2) is 0 Å². The number of nitrogens with zero attached hydrogens (tertiary/aromatic N) is 1. The van der Waals surface area contributed by atoms with Crippen molar-refractivity contribution in [2.24, 2.45) is 11.7 Å². The van der Waals surface area contributed by atoms with E-state index < -0.39 is 0 Å². The molecule has 0 spiro atoms. The van der Waals surface area contributed by atoms with Crippen molar-refractivity contribution in [3.8, 4) is 0 Å². The topological polar surface area (TPSA) is 55.6 Å². The Labute approximate surface area is 142 Å². The molecule has 23 heavy (non-hydrogen) atoms. The standard InChI is InChI=1S/C17H23FN2O2.ClH/c18-14-6-2-1-5-13(14)16-11-20(8-9-22-16)17(21)10-12-4-3-7-15(12)19;/h1-2,5-6,12,15-16H,3-4,7-11,19H2;1H/t12-,15+,16?;/m0./s1. The van der Waals surface area contributed by atoms with Crippen LogP contribution >= 0.6 is 12.4 Å². The van der Waals surface area contributed by atoms with Crippen LogP contribution in [0.4, 0.5) is 4.39 Å². The highest BCUT2D eigenvalue weighted by molar-refractivity contribution is 5.85. The van der Waals surface area contributed by atoms with E-state index in [2.05, 4.69) is 0 Å². The van der Waals surface area contributed by atoms with E-state index in [1.165, 1.54) is 6.07 Å². The first-order valence-corrected chi connectivity index (χ1v) is 8.04. The number of nitrogens with two attached hydrogens (primary N) is 1. The third-order valence-electron chi connectivity index (χ3n) is 4.83. The molecule has 1 aromatic rings. The number of benzene rings is 1. The van der Waals surface area contributed by atoms with Crippen LogP contribution in [-0.4, -0.2) is 36.5 Å². The molecule has 1 unspecified atom stereocenters. The van der Waals surface area contributed by atoms with Gasteiger partial charge in [-0.25, -0.2) is 4.39 Å². The maximum atomic E-state index is 13.9. The molecule has 1 heterocycles. The van der Waals surface area contributed by atoms with Crippen molar-refractivity contribution in [3.63, 3.8) is 0 Å². The molecule has 3 rings (SSSR count). The summed E-state index contributed by atoms with van der Waals surface area (Å²) in [5.41, 5.74) is 6.58. The van der Waals surface area contributed by atoms with E-state index in [4.69, 9.17) is 10.5 Å². The summed E-state index contributed by atoms with van der Waals surface area (Å²) in [4.78, 5) is 14.3. The predicted molar refractivity (Wildman–Crippen MR) is 88.9 cm³/mol. The Morgan fingerprint density at radius 2 is 2.13 bits per heavy atom. The number of carbonyl (C=O) groups excluding carboxylic acids is 1. The van der Waals surface area contributed by atoms with Crippen molar-refractivity contribution in [2.45, 2.75) is 37.8 Å². The van der Waals surface area contributed by atoms with Crippen LogP contribution in [0, 0.1) is 11.7 Å². The summed E-state index contributed by atoms with van der Waals surface area (Å²) in [7, 11) is 0. The Kier molecular flexibility index (Phi) is 6.39. The lowest BCUT2D eigenvalue weighted by Crippen LogP contribution is -2.43. The van der Waals surface area contributed by atoms with Gasteiger partial charge in [-0.2, -0.15) is 0 Å². The Morgan fingerprint density at radius 3 is 2.83 bits per heavy atom. The van der Waals surface area contributed by atoms with E-state index in [1.807, 2.05) is 0 Å². The van der Waals surface area contributed by atoms with Crippen LogP contribution in [0.2, 0.25) is 0 Å². The molecule has 1 amide bonds. The molecular weight excluding hydrogens is 319 g/mol. The molecule has 2 N–H and O–H groups in total. The first kappa shape index (κ1) is 18.2. The van der Waals surface area contributed by atoms with Crippen LogP contribution in [0.3, 0.4) is 0 Å². The Hall–Kier alpha value is -1.17.